The van der Waals surface area contributed by atoms with Gasteiger partial charge in [-0.25, -0.2) is 4.98 Å². The van der Waals surface area contributed by atoms with Crippen molar-refractivity contribution in [2.75, 3.05) is 12.8 Å². The first kappa shape index (κ1) is 12.2. The maximum Gasteiger partial charge on any atom is 0.322 e. The summed E-state index contributed by atoms with van der Waals surface area (Å²) in [5.74, 6) is 1.18. The largest absolute Gasteiger partial charge is 0.495 e. The number of methoxy groups -OCH3 is 1. The molecule has 100 valence electrons. The summed E-state index contributed by atoms with van der Waals surface area (Å²) < 4.78 is 10.7. The summed E-state index contributed by atoms with van der Waals surface area (Å²) in [6.07, 6.45) is 1.73. The van der Waals surface area contributed by atoms with Gasteiger partial charge in [0.2, 0.25) is 0 Å². The van der Waals surface area contributed by atoms with Gasteiger partial charge in [-0.05, 0) is 18.2 Å². The molecule has 0 fully saturated rings. The van der Waals surface area contributed by atoms with Crippen LogP contribution in [-0.2, 0) is 0 Å². The maximum atomic E-state index is 5.83. The monoisotopic (exact) mass is 267 g/mol. The number of fused-ring (bicyclic) bond motifs is 1. The number of nitrogens with two attached hydrogens (primary N) is 1. The summed E-state index contributed by atoms with van der Waals surface area (Å²) >= 11 is 0. The van der Waals surface area contributed by atoms with Crippen molar-refractivity contribution in [3.05, 3.63) is 48.7 Å². The van der Waals surface area contributed by atoms with Crippen molar-refractivity contribution in [1.29, 1.82) is 0 Å². The van der Waals surface area contributed by atoms with Crippen molar-refractivity contribution < 1.29 is 9.47 Å². The molecule has 0 saturated heterocycles. The Bertz CT molecular complexity index is 759. The lowest BCUT2D eigenvalue weighted by atomic mass is 10.2. The van der Waals surface area contributed by atoms with E-state index >= 15 is 0 Å². The van der Waals surface area contributed by atoms with E-state index in [9.17, 15) is 0 Å². The number of hydrogen-bond acceptors (Lipinski definition) is 5. The second kappa shape index (κ2) is 5.05. The van der Waals surface area contributed by atoms with E-state index in [2.05, 4.69) is 9.97 Å². The van der Waals surface area contributed by atoms with Gasteiger partial charge in [0.15, 0.2) is 0 Å². The van der Waals surface area contributed by atoms with Gasteiger partial charge in [-0.3, -0.25) is 0 Å². The molecule has 5 heteroatoms. The summed E-state index contributed by atoms with van der Waals surface area (Å²) in [7, 11) is 1.57. The van der Waals surface area contributed by atoms with Crippen molar-refractivity contribution in [1.82, 2.24) is 9.97 Å². The molecule has 0 aliphatic rings. The molecule has 1 aromatic heterocycles. The molecule has 0 spiro atoms. The molecule has 3 aromatic rings. The number of nitrogen functional groups attached to an aromatic ring is 1. The number of anilines is 1. The van der Waals surface area contributed by atoms with Gasteiger partial charge in [-0.2, -0.15) is 4.98 Å². The van der Waals surface area contributed by atoms with Gasteiger partial charge >= 0.3 is 6.01 Å². The zero-order chi connectivity index (χ0) is 13.9. The summed E-state index contributed by atoms with van der Waals surface area (Å²) in [6.45, 7) is 0. The van der Waals surface area contributed by atoms with Gasteiger partial charge < -0.3 is 15.2 Å². The van der Waals surface area contributed by atoms with Crippen LogP contribution in [0.1, 0.15) is 0 Å². The van der Waals surface area contributed by atoms with E-state index in [1.165, 1.54) is 0 Å². The van der Waals surface area contributed by atoms with Crippen LogP contribution in [0.5, 0.6) is 17.5 Å². The van der Waals surface area contributed by atoms with Crippen molar-refractivity contribution in [3.8, 4) is 17.5 Å². The van der Waals surface area contributed by atoms with E-state index in [1.54, 1.807) is 31.5 Å². The standard InChI is InChI=1S/C15H13N3O2/c1-19-14-7-6-11(8-12(14)16)20-15-17-9-10-4-2-3-5-13(10)18-15/h2-9H,16H2,1H3. The predicted octanol–water partition coefficient (Wildman–Crippen LogP) is 3.01. The van der Waals surface area contributed by atoms with Crippen molar-refractivity contribution in [2.24, 2.45) is 0 Å². The van der Waals surface area contributed by atoms with Crippen molar-refractivity contribution >= 4 is 16.6 Å². The Labute approximate surface area is 116 Å². The number of nitrogens with zero attached hydrogens (tertiary/aromatic N) is 2. The first-order valence-corrected chi connectivity index (χ1v) is 6.09. The number of hydrogen-bond donors (Lipinski definition) is 1. The van der Waals surface area contributed by atoms with Crippen LogP contribution >= 0.6 is 0 Å². The lowest BCUT2D eigenvalue weighted by Gasteiger charge is -2.08. The third kappa shape index (κ3) is 2.33. The van der Waals surface area contributed by atoms with E-state index < -0.39 is 0 Å². The molecule has 1 heterocycles. The Balaban J connectivity index is 1.90. The highest BCUT2D eigenvalue weighted by atomic mass is 16.5. The summed E-state index contributed by atoms with van der Waals surface area (Å²) in [5.41, 5.74) is 7.17. The number of rotatable bonds is 3. The molecule has 0 atom stereocenters. The van der Waals surface area contributed by atoms with Crippen LogP contribution in [0.4, 0.5) is 5.69 Å². The third-order valence-electron chi connectivity index (χ3n) is 2.88. The van der Waals surface area contributed by atoms with E-state index in [0.29, 0.717) is 17.2 Å². The Morgan fingerprint density at radius 1 is 1.10 bits per heavy atom. The zero-order valence-corrected chi connectivity index (χ0v) is 10.9. The molecule has 3 rings (SSSR count). The van der Waals surface area contributed by atoms with E-state index in [-0.39, 0.29) is 6.01 Å². The van der Waals surface area contributed by atoms with Crippen LogP contribution in [0.2, 0.25) is 0 Å². The van der Waals surface area contributed by atoms with Gasteiger partial charge in [0.1, 0.15) is 11.5 Å². The minimum absolute atomic E-state index is 0.285. The normalized spacial score (nSPS) is 10.4. The lowest BCUT2D eigenvalue weighted by Crippen LogP contribution is -1.95. The molecule has 2 N–H and O–H groups in total. The molecule has 0 amide bonds. The van der Waals surface area contributed by atoms with Crippen LogP contribution < -0.4 is 15.2 Å². The Morgan fingerprint density at radius 2 is 1.95 bits per heavy atom. The Hall–Kier alpha value is -2.82. The molecule has 0 saturated carbocycles. The number of ether oxygens (including phenoxy) is 2. The second-order valence-corrected chi connectivity index (χ2v) is 4.22. The van der Waals surface area contributed by atoms with Gasteiger partial charge in [0, 0.05) is 17.6 Å². The number of para-hydroxylation sites is 1. The van der Waals surface area contributed by atoms with Gasteiger partial charge in [-0.1, -0.05) is 18.2 Å². The zero-order valence-electron chi connectivity index (χ0n) is 10.9. The topological polar surface area (TPSA) is 70.3 Å². The summed E-state index contributed by atoms with van der Waals surface area (Å²) in [6, 6.07) is 13.2. The second-order valence-electron chi connectivity index (χ2n) is 4.22. The van der Waals surface area contributed by atoms with E-state index in [0.717, 1.165) is 10.9 Å². The average Bonchev–Trinajstić information content (AvgIpc) is 2.47. The predicted molar refractivity (Wildman–Crippen MR) is 77.0 cm³/mol. The molecular formula is C15H13N3O2. The van der Waals surface area contributed by atoms with Crippen LogP contribution in [0, 0.1) is 0 Å². The molecular weight excluding hydrogens is 254 g/mol. The first-order valence-electron chi connectivity index (χ1n) is 6.09. The van der Waals surface area contributed by atoms with Crippen molar-refractivity contribution in [2.45, 2.75) is 0 Å². The van der Waals surface area contributed by atoms with Gasteiger partial charge in [0.25, 0.3) is 0 Å². The quantitative estimate of drug-likeness (QED) is 0.739. The van der Waals surface area contributed by atoms with E-state index in [4.69, 9.17) is 15.2 Å². The molecule has 5 nitrogen and oxygen atoms in total. The van der Waals surface area contributed by atoms with Crippen LogP contribution in [0.3, 0.4) is 0 Å². The molecule has 0 radical (unpaired) electrons. The van der Waals surface area contributed by atoms with E-state index in [1.807, 2.05) is 24.3 Å². The fourth-order valence-corrected chi connectivity index (χ4v) is 1.89. The average molecular weight is 267 g/mol. The summed E-state index contributed by atoms with van der Waals surface area (Å²) in [4.78, 5) is 8.51. The molecule has 0 unspecified atom stereocenters. The molecule has 2 aromatic carbocycles. The third-order valence-corrected chi connectivity index (χ3v) is 2.88. The molecule has 0 aliphatic heterocycles. The lowest BCUT2D eigenvalue weighted by molar-refractivity contribution is 0.413. The van der Waals surface area contributed by atoms with Crippen LogP contribution in [-0.4, -0.2) is 17.1 Å². The van der Waals surface area contributed by atoms with Crippen molar-refractivity contribution in [3.63, 3.8) is 0 Å². The fourth-order valence-electron chi connectivity index (χ4n) is 1.89. The molecule has 0 bridgehead atoms. The SMILES string of the molecule is COc1ccc(Oc2ncc3ccccc3n2)cc1N. The molecule has 20 heavy (non-hydrogen) atoms. The van der Waals surface area contributed by atoms with Gasteiger partial charge in [-0.15, -0.1) is 0 Å². The number of aromatic nitrogens is 2. The Morgan fingerprint density at radius 3 is 2.75 bits per heavy atom. The van der Waals surface area contributed by atoms with Crippen LogP contribution in [0.25, 0.3) is 10.9 Å². The molecule has 0 aliphatic carbocycles. The highest BCUT2D eigenvalue weighted by molar-refractivity contribution is 5.77. The smallest absolute Gasteiger partial charge is 0.322 e. The Kier molecular flexibility index (Phi) is 3.09. The minimum atomic E-state index is 0.285. The highest BCUT2D eigenvalue weighted by Gasteiger charge is 2.05. The summed E-state index contributed by atoms with van der Waals surface area (Å²) in [5, 5.41) is 0.967. The van der Waals surface area contributed by atoms with Gasteiger partial charge in [0.05, 0.1) is 18.3 Å². The minimum Gasteiger partial charge on any atom is -0.495 e. The highest BCUT2D eigenvalue weighted by Crippen LogP contribution is 2.28. The fraction of sp³-hybridized carbons (Fsp3) is 0.0667. The maximum absolute atomic E-state index is 5.83. The van der Waals surface area contributed by atoms with Crippen LogP contribution in [0.15, 0.2) is 48.7 Å². The number of benzene rings is 2. The first-order chi connectivity index (χ1) is 9.76.